The van der Waals surface area contributed by atoms with Gasteiger partial charge in [-0.05, 0) is 73.9 Å². The van der Waals surface area contributed by atoms with E-state index in [1.54, 1.807) is 21.3 Å². The van der Waals surface area contributed by atoms with E-state index >= 15 is 0 Å². The lowest BCUT2D eigenvalue weighted by atomic mass is 10.1. The van der Waals surface area contributed by atoms with Crippen molar-refractivity contribution >= 4 is 35.9 Å². The standard InChI is InChI=1S/C30H70N2O9Si4/c1-10-36-44(37-11-2,38-12-3)28-22-24-31-30(32-25-23-29-45(39-13-4,40-14-5)41-15-6)42-26-20-18-16-17-19-21-27-43(33-7,34-8)35-9/h30-32H,10-29H2,1-9H3. The van der Waals surface area contributed by atoms with Crippen molar-refractivity contribution in [3.63, 3.8) is 0 Å². The van der Waals surface area contributed by atoms with Gasteiger partial charge in [-0.15, -0.1) is 0 Å². The maximum atomic E-state index is 6.05. The number of hydrogen-bond donors (Lipinski definition) is 2. The Balaban J connectivity index is 4.84. The minimum atomic E-state index is -2.63. The normalized spacial score (nSPS) is 12.9. The summed E-state index contributed by atoms with van der Waals surface area (Å²) in [4.78, 5) is 0. The first-order chi connectivity index (χ1) is 21.8. The molecule has 0 saturated heterocycles. The molecule has 270 valence electrons. The molecule has 0 aromatic rings. The van der Waals surface area contributed by atoms with Gasteiger partial charge < -0.3 is 50.5 Å². The fourth-order valence-corrected chi connectivity index (χ4v) is 13.6. The van der Waals surface area contributed by atoms with Crippen LogP contribution in [0, 0.1) is 0 Å². The largest absolute Gasteiger partial charge is 0.500 e. The molecule has 0 aliphatic carbocycles. The molecular formula is C30H70N2O9Si4. The highest BCUT2D eigenvalue weighted by atomic mass is 28.4. The molecule has 0 saturated carbocycles. The topological polar surface area (TPSA) is 107 Å². The first kappa shape index (κ1) is 45.4. The van der Waals surface area contributed by atoms with Crippen molar-refractivity contribution in [2.75, 3.05) is 74.1 Å². The SMILES string of the molecule is CCO[Si](CCCNC(NCCC[Si](OCC)(OCC)OCC)[Si]CCCCCCCC[Si](OC)(OC)OC)(OCC)OCC. The van der Waals surface area contributed by atoms with Crippen LogP contribution in [0.3, 0.4) is 0 Å². The second-order valence-electron chi connectivity index (χ2n) is 10.6. The Morgan fingerprint density at radius 1 is 0.444 bits per heavy atom. The molecule has 0 aromatic carbocycles. The summed E-state index contributed by atoms with van der Waals surface area (Å²) in [7, 11) is -1.83. The van der Waals surface area contributed by atoms with E-state index in [4.69, 9.17) is 39.8 Å². The number of rotatable bonds is 35. The van der Waals surface area contributed by atoms with Crippen molar-refractivity contribution < 1.29 is 39.8 Å². The molecule has 0 unspecified atom stereocenters. The van der Waals surface area contributed by atoms with Crippen molar-refractivity contribution in [1.29, 1.82) is 0 Å². The molecule has 0 aromatic heterocycles. The van der Waals surface area contributed by atoms with Gasteiger partial charge in [-0.1, -0.05) is 38.1 Å². The molecule has 2 radical (unpaired) electrons. The van der Waals surface area contributed by atoms with Crippen LogP contribution in [0.15, 0.2) is 0 Å². The van der Waals surface area contributed by atoms with Crippen molar-refractivity contribution in [3.05, 3.63) is 0 Å². The Morgan fingerprint density at radius 3 is 1.13 bits per heavy atom. The van der Waals surface area contributed by atoms with E-state index < -0.39 is 26.4 Å². The lowest BCUT2D eigenvalue weighted by Gasteiger charge is -2.29. The van der Waals surface area contributed by atoms with Crippen LogP contribution in [-0.4, -0.2) is 116 Å². The van der Waals surface area contributed by atoms with Crippen LogP contribution in [0.4, 0.5) is 0 Å². The predicted molar refractivity (Wildman–Crippen MR) is 190 cm³/mol. The summed E-state index contributed by atoms with van der Waals surface area (Å²) in [6.07, 6.45) is 9.17. The van der Waals surface area contributed by atoms with Gasteiger partial charge >= 0.3 is 26.4 Å². The lowest BCUT2D eigenvalue weighted by molar-refractivity contribution is 0.0701. The van der Waals surface area contributed by atoms with Crippen LogP contribution in [-0.2, 0) is 39.8 Å². The second-order valence-corrected chi connectivity index (χ2v) is 20.7. The number of unbranched alkanes of at least 4 members (excludes halogenated alkanes) is 5. The molecule has 45 heavy (non-hydrogen) atoms. The Bertz CT molecular complexity index is 582. The first-order valence-electron chi connectivity index (χ1n) is 17.5. The van der Waals surface area contributed by atoms with Crippen LogP contribution >= 0.6 is 0 Å². The van der Waals surface area contributed by atoms with E-state index in [0.717, 1.165) is 60.0 Å². The average Bonchev–Trinajstić information content (AvgIpc) is 3.03. The molecule has 0 rings (SSSR count). The molecule has 15 heteroatoms. The van der Waals surface area contributed by atoms with Gasteiger partial charge in [0, 0.05) is 84.9 Å². The zero-order valence-electron chi connectivity index (χ0n) is 30.4. The maximum absolute atomic E-state index is 6.05. The van der Waals surface area contributed by atoms with Gasteiger partial charge in [0.1, 0.15) is 0 Å². The summed E-state index contributed by atoms with van der Waals surface area (Å²) in [6, 6.07) is 3.73. The number of hydrogen-bond acceptors (Lipinski definition) is 11. The molecule has 2 N–H and O–H groups in total. The molecule has 0 amide bonds. The van der Waals surface area contributed by atoms with Gasteiger partial charge in [0.05, 0.1) is 9.52 Å². The van der Waals surface area contributed by atoms with E-state index in [0.29, 0.717) is 39.6 Å². The summed E-state index contributed by atoms with van der Waals surface area (Å²) < 4.78 is 52.9. The zero-order chi connectivity index (χ0) is 33.7. The average molecular weight is 715 g/mol. The first-order valence-corrected chi connectivity index (χ1v) is 24.6. The molecular weight excluding hydrogens is 645 g/mol. The summed E-state index contributed by atoms with van der Waals surface area (Å²) >= 11 is 0. The van der Waals surface area contributed by atoms with Gasteiger partial charge in [-0.25, -0.2) is 0 Å². The predicted octanol–water partition coefficient (Wildman–Crippen LogP) is 5.67. The van der Waals surface area contributed by atoms with Crippen molar-refractivity contribution in [2.45, 2.75) is 123 Å². The molecule has 0 heterocycles. The quantitative estimate of drug-likeness (QED) is 0.0482. The fraction of sp³-hybridized carbons (Fsp3) is 1.00. The molecule has 0 aliphatic heterocycles. The third kappa shape index (κ3) is 20.5. The van der Waals surface area contributed by atoms with E-state index in [9.17, 15) is 0 Å². The minimum Gasteiger partial charge on any atom is -0.377 e. The van der Waals surface area contributed by atoms with Crippen LogP contribution in [0.1, 0.15) is 92.9 Å². The molecule has 0 fully saturated rings. The smallest absolute Gasteiger partial charge is 0.377 e. The summed E-state index contributed by atoms with van der Waals surface area (Å²) in [5, 5.41) is 7.57. The van der Waals surface area contributed by atoms with Gasteiger partial charge in [0.2, 0.25) is 0 Å². The minimum absolute atomic E-state index is 0.268. The Morgan fingerprint density at radius 2 is 0.778 bits per heavy atom. The number of nitrogens with one attached hydrogen (secondary N) is 2. The fourth-order valence-electron chi connectivity index (χ4n) is 5.30. The highest BCUT2D eigenvalue weighted by Gasteiger charge is 2.40. The van der Waals surface area contributed by atoms with Gasteiger partial charge in [0.15, 0.2) is 0 Å². The zero-order valence-corrected chi connectivity index (χ0v) is 34.4. The van der Waals surface area contributed by atoms with E-state index in [1.165, 1.54) is 38.1 Å². The summed E-state index contributed by atoms with van der Waals surface area (Å²) in [5.74, 6) is 0.268. The molecule has 0 aliphatic rings. The highest BCUT2D eigenvalue weighted by molar-refractivity contribution is 6.61. The van der Waals surface area contributed by atoms with Crippen LogP contribution in [0.25, 0.3) is 0 Å². The van der Waals surface area contributed by atoms with Crippen LogP contribution in [0.2, 0.25) is 24.2 Å². The Kier molecular flexibility index (Phi) is 29.6. The Hall–Kier alpha value is 0.428. The van der Waals surface area contributed by atoms with Gasteiger partial charge in [-0.3, -0.25) is 0 Å². The van der Waals surface area contributed by atoms with E-state index in [1.807, 2.05) is 41.5 Å². The lowest BCUT2D eigenvalue weighted by Crippen LogP contribution is -2.50. The van der Waals surface area contributed by atoms with Gasteiger partial charge in [-0.2, -0.15) is 0 Å². The molecule has 0 atom stereocenters. The van der Waals surface area contributed by atoms with Gasteiger partial charge in [0.25, 0.3) is 0 Å². The second kappa shape index (κ2) is 29.4. The van der Waals surface area contributed by atoms with E-state index in [2.05, 4.69) is 10.6 Å². The maximum Gasteiger partial charge on any atom is 0.500 e. The third-order valence-corrected chi connectivity index (χ3v) is 18.0. The Labute approximate surface area is 282 Å². The van der Waals surface area contributed by atoms with Crippen molar-refractivity contribution in [1.82, 2.24) is 10.6 Å². The van der Waals surface area contributed by atoms with Crippen LogP contribution < -0.4 is 10.6 Å². The molecule has 0 bridgehead atoms. The molecule has 11 nitrogen and oxygen atoms in total. The van der Waals surface area contributed by atoms with E-state index in [-0.39, 0.29) is 5.79 Å². The van der Waals surface area contributed by atoms with Crippen molar-refractivity contribution in [2.24, 2.45) is 0 Å². The third-order valence-electron chi connectivity index (χ3n) is 7.39. The summed E-state index contributed by atoms with van der Waals surface area (Å²) in [5.41, 5.74) is 0. The van der Waals surface area contributed by atoms with Crippen molar-refractivity contribution in [3.8, 4) is 0 Å². The highest BCUT2D eigenvalue weighted by Crippen LogP contribution is 2.20. The summed E-state index contributed by atoms with van der Waals surface area (Å²) in [6.45, 7) is 17.5. The monoisotopic (exact) mass is 714 g/mol. The molecule has 0 spiro atoms. The van der Waals surface area contributed by atoms with Crippen LogP contribution in [0.5, 0.6) is 0 Å².